The Kier molecular flexibility index (Phi) is 3.10. The van der Waals surface area contributed by atoms with Crippen LogP contribution in [0.25, 0.3) is 0 Å². The van der Waals surface area contributed by atoms with Gasteiger partial charge in [-0.1, -0.05) is 45.0 Å². The van der Waals surface area contributed by atoms with Gasteiger partial charge in [0, 0.05) is 0 Å². The van der Waals surface area contributed by atoms with E-state index in [0.29, 0.717) is 0 Å². The number of aliphatic hydroxyl groups excluding tert-OH is 1. The molecule has 0 unspecified atom stereocenters. The summed E-state index contributed by atoms with van der Waals surface area (Å²) in [6.07, 6.45) is 1.09. The summed E-state index contributed by atoms with van der Waals surface area (Å²) in [6.45, 7) is 6.73. The van der Waals surface area contributed by atoms with E-state index in [1.807, 2.05) is 18.2 Å². The van der Waals surface area contributed by atoms with Crippen molar-refractivity contribution in [3.8, 4) is 0 Å². The van der Waals surface area contributed by atoms with Gasteiger partial charge in [-0.3, -0.25) is 0 Å². The van der Waals surface area contributed by atoms with Crippen molar-refractivity contribution < 1.29 is 5.11 Å². The van der Waals surface area contributed by atoms with E-state index in [9.17, 15) is 5.11 Å². The first-order valence-corrected chi connectivity index (χ1v) is 4.81. The molecule has 0 aliphatic rings. The quantitative estimate of drug-likeness (QED) is 0.754. The second kappa shape index (κ2) is 3.93. The first-order chi connectivity index (χ1) is 6.11. The predicted molar refractivity (Wildman–Crippen MR) is 55.7 cm³/mol. The van der Waals surface area contributed by atoms with Crippen LogP contribution in [-0.4, -0.2) is 5.11 Å². The van der Waals surface area contributed by atoms with Crippen LogP contribution in [0.15, 0.2) is 24.3 Å². The van der Waals surface area contributed by atoms with Crippen molar-refractivity contribution in [2.24, 2.45) is 0 Å². The number of hydrogen-bond acceptors (Lipinski definition) is 1. The van der Waals surface area contributed by atoms with Gasteiger partial charge in [0.15, 0.2) is 0 Å². The van der Waals surface area contributed by atoms with Gasteiger partial charge in [-0.05, 0) is 23.0 Å². The third-order valence-corrected chi connectivity index (χ3v) is 2.80. The molecular formula is C12H18O. The zero-order chi connectivity index (χ0) is 9.90. The first kappa shape index (κ1) is 10.3. The molecule has 0 aliphatic heterocycles. The van der Waals surface area contributed by atoms with Gasteiger partial charge in [0.05, 0.1) is 6.61 Å². The summed E-state index contributed by atoms with van der Waals surface area (Å²) in [4.78, 5) is 0. The zero-order valence-corrected chi connectivity index (χ0v) is 8.67. The van der Waals surface area contributed by atoms with E-state index in [1.165, 1.54) is 5.56 Å². The molecule has 1 aromatic rings. The molecule has 0 bridgehead atoms. The van der Waals surface area contributed by atoms with Crippen molar-refractivity contribution in [3.63, 3.8) is 0 Å². The van der Waals surface area contributed by atoms with Crippen molar-refractivity contribution in [1.29, 1.82) is 0 Å². The number of hydrogen-bond donors (Lipinski definition) is 1. The highest BCUT2D eigenvalue weighted by Crippen LogP contribution is 2.29. The normalized spacial score (nSPS) is 11.7. The minimum atomic E-state index is 0.138. The van der Waals surface area contributed by atoms with Crippen molar-refractivity contribution in [2.75, 3.05) is 0 Å². The van der Waals surface area contributed by atoms with Crippen molar-refractivity contribution in [3.05, 3.63) is 35.4 Å². The lowest BCUT2D eigenvalue weighted by atomic mass is 9.80. The van der Waals surface area contributed by atoms with E-state index in [2.05, 4.69) is 26.8 Å². The smallest absolute Gasteiger partial charge is 0.0684 e. The third-order valence-electron chi connectivity index (χ3n) is 2.80. The summed E-state index contributed by atoms with van der Waals surface area (Å²) in [6, 6.07) is 8.11. The molecule has 1 rings (SSSR count). The second-order valence-electron chi connectivity index (χ2n) is 4.05. The lowest BCUT2D eigenvalue weighted by Gasteiger charge is -2.25. The van der Waals surface area contributed by atoms with Crippen LogP contribution in [0.4, 0.5) is 0 Å². The van der Waals surface area contributed by atoms with E-state index >= 15 is 0 Å². The van der Waals surface area contributed by atoms with E-state index in [0.717, 1.165) is 12.0 Å². The average Bonchev–Trinajstić information content (AvgIpc) is 2.18. The average molecular weight is 178 g/mol. The van der Waals surface area contributed by atoms with Crippen molar-refractivity contribution >= 4 is 0 Å². The summed E-state index contributed by atoms with van der Waals surface area (Å²) in [5.74, 6) is 0. The van der Waals surface area contributed by atoms with Gasteiger partial charge in [0.2, 0.25) is 0 Å². The fourth-order valence-corrected chi connectivity index (χ4v) is 1.51. The molecule has 1 aromatic carbocycles. The van der Waals surface area contributed by atoms with Crippen molar-refractivity contribution in [1.82, 2.24) is 0 Å². The first-order valence-electron chi connectivity index (χ1n) is 4.81. The highest BCUT2D eigenvalue weighted by molar-refractivity contribution is 5.32. The Hall–Kier alpha value is -0.820. The highest BCUT2D eigenvalue weighted by Gasteiger charge is 2.20. The SMILES string of the molecule is CCC(C)(C)c1ccccc1CO. The Morgan fingerprint density at radius 2 is 1.85 bits per heavy atom. The predicted octanol–water partition coefficient (Wildman–Crippen LogP) is 2.87. The van der Waals surface area contributed by atoms with Crippen LogP contribution in [0, 0.1) is 0 Å². The summed E-state index contributed by atoms with van der Waals surface area (Å²) >= 11 is 0. The molecule has 0 saturated carbocycles. The van der Waals surface area contributed by atoms with Crippen LogP contribution < -0.4 is 0 Å². The number of benzene rings is 1. The Morgan fingerprint density at radius 1 is 1.23 bits per heavy atom. The number of rotatable bonds is 3. The highest BCUT2D eigenvalue weighted by atomic mass is 16.3. The van der Waals surface area contributed by atoms with Crippen molar-refractivity contribution in [2.45, 2.75) is 39.2 Å². The lowest BCUT2D eigenvalue weighted by Crippen LogP contribution is -2.17. The maximum Gasteiger partial charge on any atom is 0.0684 e. The summed E-state index contributed by atoms with van der Waals surface area (Å²) in [5, 5.41) is 9.18. The van der Waals surface area contributed by atoms with E-state index < -0.39 is 0 Å². The minimum absolute atomic E-state index is 0.138. The van der Waals surface area contributed by atoms with Gasteiger partial charge < -0.3 is 5.11 Å². The lowest BCUT2D eigenvalue weighted by molar-refractivity contribution is 0.277. The van der Waals surface area contributed by atoms with E-state index in [4.69, 9.17) is 0 Å². The fraction of sp³-hybridized carbons (Fsp3) is 0.500. The van der Waals surface area contributed by atoms with Gasteiger partial charge in [-0.25, -0.2) is 0 Å². The van der Waals surface area contributed by atoms with Crippen LogP contribution in [0.3, 0.4) is 0 Å². The Balaban J connectivity index is 3.12. The molecule has 0 saturated heterocycles. The fourth-order valence-electron chi connectivity index (χ4n) is 1.51. The third kappa shape index (κ3) is 2.10. The van der Waals surface area contributed by atoms with Crippen LogP contribution in [-0.2, 0) is 12.0 Å². The standard InChI is InChI=1S/C12H18O/c1-4-12(2,3)11-8-6-5-7-10(11)9-13/h5-8,13H,4,9H2,1-3H3. The largest absolute Gasteiger partial charge is 0.392 e. The van der Waals surface area contributed by atoms with E-state index in [1.54, 1.807) is 0 Å². The monoisotopic (exact) mass is 178 g/mol. The van der Waals surface area contributed by atoms with Gasteiger partial charge in [0.1, 0.15) is 0 Å². The molecule has 0 radical (unpaired) electrons. The molecule has 72 valence electrons. The number of aliphatic hydroxyl groups is 1. The molecule has 0 aliphatic carbocycles. The molecule has 0 amide bonds. The topological polar surface area (TPSA) is 20.2 Å². The maximum atomic E-state index is 9.18. The van der Waals surface area contributed by atoms with Gasteiger partial charge in [-0.2, -0.15) is 0 Å². The molecular weight excluding hydrogens is 160 g/mol. The molecule has 13 heavy (non-hydrogen) atoms. The van der Waals surface area contributed by atoms with Crippen LogP contribution >= 0.6 is 0 Å². The molecule has 0 fully saturated rings. The Bertz CT molecular complexity index is 276. The molecule has 1 heteroatoms. The van der Waals surface area contributed by atoms with Gasteiger partial charge >= 0.3 is 0 Å². The Labute approximate surface area is 80.4 Å². The van der Waals surface area contributed by atoms with Crippen LogP contribution in [0.2, 0.25) is 0 Å². The molecule has 0 heterocycles. The Morgan fingerprint density at radius 3 is 2.38 bits per heavy atom. The zero-order valence-electron chi connectivity index (χ0n) is 8.67. The second-order valence-corrected chi connectivity index (χ2v) is 4.05. The summed E-state index contributed by atoms with van der Waals surface area (Å²) < 4.78 is 0. The molecule has 1 N–H and O–H groups in total. The molecule has 0 atom stereocenters. The van der Waals surface area contributed by atoms with Crippen LogP contribution in [0.5, 0.6) is 0 Å². The summed E-state index contributed by atoms with van der Waals surface area (Å²) in [7, 11) is 0. The van der Waals surface area contributed by atoms with E-state index in [-0.39, 0.29) is 12.0 Å². The minimum Gasteiger partial charge on any atom is -0.392 e. The maximum absolute atomic E-state index is 9.18. The molecule has 0 spiro atoms. The van der Waals surface area contributed by atoms with Gasteiger partial charge in [-0.15, -0.1) is 0 Å². The summed E-state index contributed by atoms with van der Waals surface area (Å²) in [5.41, 5.74) is 2.48. The van der Waals surface area contributed by atoms with Crippen LogP contribution in [0.1, 0.15) is 38.3 Å². The molecule has 1 nitrogen and oxygen atoms in total. The molecule has 0 aromatic heterocycles. The van der Waals surface area contributed by atoms with Gasteiger partial charge in [0.25, 0.3) is 0 Å².